The van der Waals surface area contributed by atoms with E-state index in [0.29, 0.717) is 22.6 Å². The van der Waals surface area contributed by atoms with E-state index >= 15 is 0 Å². The van der Waals surface area contributed by atoms with Gasteiger partial charge in [0.25, 0.3) is 0 Å². The smallest absolute Gasteiger partial charge is 0.352 e. The van der Waals surface area contributed by atoms with Gasteiger partial charge in [0.1, 0.15) is 22.8 Å². The minimum atomic E-state index is -0.980. The van der Waals surface area contributed by atoms with Crippen LogP contribution in [0.1, 0.15) is 34.7 Å². The second-order valence-corrected chi connectivity index (χ2v) is 7.75. The summed E-state index contributed by atoms with van der Waals surface area (Å²) in [6.45, 7) is 3.55. The summed E-state index contributed by atoms with van der Waals surface area (Å²) in [5.41, 5.74) is 0.897. The first-order valence-electron chi connectivity index (χ1n) is 11.2. The Hall–Kier alpha value is -4.59. The molecule has 0 N–H and O–H groups in total. The molecule has 184 valence electrons. The summed E-state index contributed by atoms with van der Waals surface area (Å²) in [5.74, 6) is -0.0271. The summed E-state index contributed by atoms with van der Waals surface area (Å²) in [6, 6.07) is 19.9. The van der Waals surface area contributed by atoms with E-state index in [9.17, 15) is 14.4 Å². The number of carbonyl (C=O) groups excluding carboxylic acids is 2. The lowest BCUT2D eigenvalue weighted by atomic mass is 10.1. The van der Waals surface area contributed by atoms with E-state index in [4.69, 9.17) is 18.6 Å². The molecule has 0 radical (unpaired) electrons. The van der Waals surface area contributed by atoms with Crippen molar-refractivity contribution >= 4 is 22.9 Å². The number of benzene rings is 3. The molecule has 0 saturated heterocycles. The molecule has 0 aliphatic carbocycles. The van der Waals surface area contributed by atoms with Gasteiger partial charge in [0, 0.05) is 11.6 Å². The van der Waals surface area contributed by atoms with Gasteiger partial charge in [-0.2, -0.15) is 0 Å². The summed E-state index contributed by atoms with van der Waals surface area (Å²) >= 11 is 0. The van der Waals surface area contributed by atoms with Gasteiger partial charge in [-0.25, -0.2) is 9.59 Å². The van der Waals surface area contributed by atoms with E-state index < -0.39 is 18.0 Å². The summed E-state index contributed by atoms with van der Waals surface area (Å²) in [6.07, 6.45) is -0.980. The van der Waals surface area contributed by atoms with Crippen molar-refractivity contribution < 1.29 is 33.0 Å². The Morgan fingerprint density at radius 1 is 0.944 bits per heavy atom. The van der Waals surface area contributed by atoms with Crippen molar-refractivity contribution in [3.05, 3.63) is 99.9 Å². The number of ether oxygens (including phenoxy) is 4. The van der Waals surface area contributed by atoms with Crippen molar-refractivity contribution in [2.75, 3.05) is 13.7 Å². The van der Waals surface area contributed by atoms with Gasteiger partial charge in [0.2, 0.25) is 17.3 Å². The van der Waals surface area contributed by atoms with Gasteiger partial charge >= 0.3 is 11.9 Å². The quantitative estimate of drug-likeness (QED) is 0.305. The highest BCUT2D eigenvalue weighted by atomic mass is 16.6. The molecule has 1 aromatic heterocycles. The van der Waals surface area contributed by atoms with Gasteiger partial charge in [-0.3, -0.25) is 4.79 Å². The Morgan fingerprint density at radius 2 is 1.64 bits per heavy atom. The van der Waals surface area contributed by atoms with Crippen molar-refractivity contribution in [1.82, 2.24) is 0 Å². The minimum Gasteiger partial charge on any atom is -0.474 e. The number of esters is 2. The molecule has 0 saturated carbocycles. The Labute approximate surface area is 207 Å². The number of fused-ring (bicyclic) bond motifs is 1. The molecule has 0 aliphatic heterocycles. The van der Waals surface area contributed by atoms with Crippen LogP contribution < -0.4 is 14.9 Å². The van der Waals surface area contributed by atoms with Crippen LogP contribution >= 0.6 is 0 Å². The molecular weight excluding hydrogens is 464 g/mol. The van der Waals surface area contributed by atoms with Gasteiger partial charge in [-0.15, -0.1) is 0 Å². The monoisotopic (exact) mass is 488 g/mol. The molecule has 1 atom stereocenters. The van der Waals surface area contributed by atoms with E-state index in [1.54, 1.807) is 68.4 Å². The standard InChI is InChI=1S/C28H24O8/c1-4-33-28(31)26(18-8-6-5-7-9-18)36-21-14-15-22-23(16-21)34-17(2)25(24(22)29)35-20-12-10-19(11-13-20)27(30)32-3/h5-16,26H,4H2,1-3H3. The molecule has 1 unspecified atom stereocenters. The molecule has 0 fully saturated rings. The summed E-state index contributed by atoms with van der Waals surface area (Å²) in [4.78, 5) is 37.3. The second kappa shape index (κ2) is 10.8. The van der Waals surface area contributed by atoms with Crippen LogP contribution in [-0.2, 0) is 14.3 Å². The molecule has 8 heteroatoms. The SMILES string of the molecule is CCOC(=O)C(Oc1ccc2c(=O)c(Oc3ccc(C(=O)OC)cc3)c(C)oc2c1)c1ccccc1. The molecule has 0 amide bonds. The highest BCUT2D eigenvalue weighted by molar-refractivity contribution is 5.89. The van der Waals surface area contributed by atoms with Crippen molar-refractivity contribution in [1.29, 1.82) is 0 Å². The van der Waals surface area contributed by atoms with E-state index in [2.05, 4.69) is 4.74 Å². The van der Waals surface area contributed by atoms with E-state index in [1.807, 2.05) is 6.07 Å². The zero-order valence-electron chi connectivity index (χ0n) is 20.0. The minimum absolute atomic E-state index is 0.0238. The number of methoxy groups -OCH3 is 1. The van der Waals surface area contributed by atoms with E-state index in [1.165, 1.54) is 19.2 Å². The van der Waals surface area contributed by atoms with Crippen molar-refractivity contribution in [2.24, 2.45) is 0 Å². The molecule has 8 nitrogen and oxygen atoms in total. The molecule has 0 bridgehead atoms. The number of carbonyl (C=O) groups is 2. The first kappa shape index (κ1) is 24.5. The van der Waals surface area contributed by atoms with Crippen LogP contribution in [0.15, 0.2) is 82.0 Å². The van der Waals surface area contributed by atoms with Gasteiger partial charge in [-0.1, -0.05) is 30.3 Å². The number of aryl methyl sites for hydroxylation is 1. The Kier molecular flexibility index (Phi) is 7.34. The lowest BCUT2D eigenvalue weighted by Gasteiger charge is -2.18. The zero-order chi connectivity index (χ0) is 25.7. The van der Waals surface area contributed by atoms with Crippen LogP contribution in [0.4, 0.5) is 0 Å². The molecular formula is C28H24O8. The fourth-order valence-corrected chi connectivity index (χ4v) is 3.59. The van der Waals surface area contributed by atoms with Crippen LogP contribution in [0, 0.1) is 6.92 Å². The Balaban J connectivity index is 1.63. The van der Waals surface area contributed by atoms with Gasteiger partial charge in [0.15, 0.2) is 0 Å². The summed E-state index contributed by atoms with van der Waals surface area (Å²) in [5, 5.41) is 0.279. The predicted molar refractivity (Wildman–Crippen MR) is 132 cm³/mol. The molecule has 1 heterocycles. The molecule has 0 spiro atoms. The summed E-state index contributed by atoms with van der Waals surface area (Å²) in [7, 11) is 1.30. The average molecular weight is 488 g/mol. The molecule has 4 aromatic rings. The first-order chi connectivity index (χ1) is 17.4. The second-order valence-electron chi connectivity index (χ2n) is 7.75. The van der Waals surface area contributed by atoms with Crippen LogP contribution in [0.5, 0.6) is 17.2 Å². The zero-order valence-corrected chi connectivity index (χ0v) is 20.0. The fourth-order valence-electron chi connectivity index (χ4n) is 3.59. The largest absolute Gasteiger partial charge is 0.474 e. The molecule has 4 rings (SSSR count). The van der Waals surface area contributed by atoms with Crippen LogP contribution in [-0.4, -0.2) is 25.7 Å². The molecule has 36 heavy (non-hydrogen) atoms. The average Bonchev–Trinajstić information content (AvgIpc) is 2.90. The van der Waals surface area contributed by atoms with Crippen molar-refractivity contribution in [3.8, 4) is 17.2 Å². The highest BCUT2D eigenvalue weighted by Crippen LogP contribution is 2.30. The van der Waals surface area contributed by atoms with Crippen molar-refractivity contribution in [2.45, 2.75) is 20.0 Å². The van der Waals surface area contributed by atoms with Gasteiger partial charge in [-0.05, 0) is 50.2 Å². The third kappa shape index (κ3) is 5.22. The van der Waals surface area contributed by atoms with Gasteiger partial charge < -0.3 is 23.4 Å². The third-order valence-electron chi connectivity index (χ3n) is 5.34. The third-order valence-corrected chi connectivity index (χ3v) is 5.34. The van der Waals surface area contributed by atoms with Crippen LogP contribution in [0.2, 0.25) is 0 Å². The van der Waals surface area contributed by atoms with Crippen LogP contribution in [0.25, 0.3) is 11.0 Å². The van der Waals surface area contributed by atoms with E-state index in [-0.39, 0.29) is 34.5 Å². The maximum Gasteiger partial charge on any atom is 0.352 e. The lowest BCUT2D eigenvalue weighted by molar-refractivity contribution is -0.151. The Morgan fingerprint density at radius 3 is 2.31 bits per heavy atom. The fraction of sp³-hybridized carbons (Fsp3) is 0.179. The maximum atomic E-state index is 13.1. The Bertz CT molecular complexity index is 1440. The topological polar surface area (TPSA) is 101 Å². The predicted octanol–water partition coefficient (Wildman–Crippen LogP) is 5.36. The number of hydrogen-bond acceptors (Lipinski definition) is 8. The number of hydrogen-bond donors (Lipinski definition) is 0. The highest BCUT2D eigenvalue weighted by Gasteiger charge is 2.24. The molecule has 0 aliphatic rings. The van der Waals surface area contributed by atoms with E-state index in [0.717, 1.165) is 0 Å². The molecule has 3 aromatic carbocycles. The maximum absolute atomic E-state index is 13.1. The normalized spacial score (nSPS) is 11.5. The lowest BCUT2D eigenvalue weighted by Crippen LogP contribution is -2.21. The van der Waals surface area contributed by atoms with Gasteiger partial charge in [0.05, 0.1) is 24.7 Å². The van der Waals surface area contributed by atoms with Crippen molar-refractivity contribution in [3.63, 3.8) is 0 Å². The first-order valence-corrected chi connectivity index (χ1v) is 11.2. The summed E-state index contributed by atoms with van der Waals surface area (Å²) < 4.78 is 27.5. The number of rotatable bonds is 8. The van der Waals surface area contributed by atoms with Crippen LogP contribution in [0.3, 0.4) is 0 Å².